The van der Waals surface area contributed by atoms with E-state index in [1.807, 2.05) is 11.3 Å². The lowest BCUT2D eigenvalue weighted by Gasteiger charge is -2.30. The third kappa shape index (κ3) is 4.37. The Hall–Kier alpha value is -5.44. The van der Waals surface area contributed by atoms with Gasteiger partial charge < -0.3 is 4.90 Å². The number of thiophene rings is 1. The van der Waals surface area contributed by atoms with Gasteiger partial charge in [0.2, 0.25) is 0 Å². The largest absolute Gasteiger partial charge is 0.310 e. The monoisotopic (exact) mass is 645 g/mol. The molecule has 8 aromatic rings. The van der Waals surface area contributed by atoms with E-state index in [0.717, 1.165) is 0 Å². The number of para-hydroxylation sites is 1. The summed E-state index contributed by atoms with van der Waals surface area (Å²) in [6, 6.07) is 52.1. The summed E-state index contributed by atoms with van der Waals surface area (Å²) in [4.78, 5) is 2.50. The molecule has 1 aromatic heterocycles. The molecule has 10 rings (SSSR count). The van der Waals surface area contributed by atoms with Crippen LogP contribution in [0, 0.1) is 5.92 Å². The first-order valence-corrected chi connectivity index (χ1v) is 18.1. The van der Waals surface area contributed by atoms with Gasteiger partial charge in [-0.25, -0.2) is 0 Å². The van der Waals surface area contributed by atoms with Crippen molar-refractivity contribution in [2.24, 2.45) is 5.92 Å². The minimum absolute atomic E-state index is 0.0728. The number of hydrogen-bond donors (Lipinski definition) is 0. The van der Waals surface area contributed by atoms with Crippen LogP contribution in [0.5, 0.6) is 0 Å². The Bertz CT molecular complexity index is 2670. The molecule has 0 saturated heterocycles. The van der Waals surface area contributed by atoms with E-state index in [1.54, 1.807) is 0 Å². The number of fused-ring (bicyclic) bond motifs is 9. The number of allylic oxidation sites excluding steroid dienone is 4. The van der Waals surface area contributed by atoms with Crippen LogP contribution < -0.4 is 4.90 Å². The van der Waals surface area contributed by atoms with E-state index in [2.05, 4.69) is 183 Å². The predicted octanol–water partition coefficient (Wildman–Crippen LogP) is 13.6. The normalized spacial score (nSPS) is 17.6. The van der Waals surface area contributed by atoms with Gasteiger partial charge in [-0.05, 0) is 86.6 Å². The number of benzene rings is 7. The first-order chi connectivity index (χ1) is 24.0. The van der Waals surface area contributed by atoms with Gasteiger partial charge in [-0.15, -0.1) is 11.3 Å². The van der Waals surface area contributed by atoms with Crippen LogP contribution in [0.3, 0.4) is 0 Å². The first-order valence-electron chi connectivity index (χ1n) is 17.3. The van der Waals surface area contributed by atoms with Crippen molar-refractivity contribution in [3.63, 3.8) is 0 Å². The molecule has 2 unspecified atom stereocenters. The van der Waals surface area contributed by atoms with Gasteiger partial charge in [0.1, 0.15) is 0 Å². The van der Waals surface area contributed by atoms with E-state index in [-0.39, 0.29) is 5.41 Å². The smallest absolute Gasteiger partial charge is 0.0540 e. The third-order valence-corrected chi connectivity index (χ3v) is 12.3. The summed E-state index contributed by atoms with van der Waals surface area (Å²) in [5.41, 5.74) is 8.93. The van der Waals surface area contributed by atoms with Crippen molar-refractivity contribution < 1.29 is 0 Å². The lowest BCUT2D eigenvalue weighted by atomic mass is 9.74. The van der Waals surface area contributed by atoms with Crippen molar-refractivity contribution in [2.45, 2.75) is 25.2 Å². The van der Waals surface area contributed by atoms with Crippen LogP contribution in [0.25, 0.3) is 52.8 Å². The molecule has 0 amide bonds. The van der Waals surface area contributed by atoms with Crippen LogP contribution in [0.2, 0.25) is 0 Å². The Morgan fingerprint density at radius 3 is 2.24 bits per heavy atom. The average Bonchev–Trinajstić information content (AvgIpc) is 3.64. The van der Waals surface area contributed by atoms with E-state index in [9.17, 15) is 0 Å². The SMILES string of the molecule is CC1(C)c2ccc(N(c3ccc4ccc5c6ccccc6sc5c4c3)c3ccccc3-c3ccc4ccccc4c3)cc2C2C=CC=CC21. The molecule has 7 aromatic carbocycles. The maximum absolute atomic E-state index is 2.50. The molecular formula is C47H35NS. The molecule has 1 nitrogen and oxygen atoms in total. The van der Waals surface area contributed by atoms with E-state index < -0.39 is 0 Å². The maximum atomic E-state index is 2.50. The second-order valence-corrected chi connectivity index (χ2v) is 15.2. The van der Waals surface area contributed by atoms with Crippen molar-refractivity contribution in [2.75, 3.05) is 4.90 Å². The summed E-state index contributed by atoms with van der Waals surface area (Å²) in [6.07, 6.45) is 9.28. The van der Waals surface area contributed by atoms with E-state index >= 15 is 0 Å². The van der Waals surface area contributed by atoms with Gasteiger partial charge in [-0.2, -0.15) is 0 Å². The van der Waals surface area contributed by atoms with Crippen molar-refractivity contribution >= 4 is 70.1 Å². The molecule has 0 fully saturated rings. The Balaban J connectivity index is 1.22. The summed E-state index contributed by atoms with van der Waals surface area (Å²) in [5, 5.41) is 7.74. The lowest BCUT2D eigenvalue weighted by molar-refractivity contribution is 0.394. The summed E-state index contributed by atoms with van der Waals surface area (Å²) in [7, 11) is 0. The molecule has 2 heteroatoms. The van der Waals surface area contributed by atoms with Gasteiger partial charge >= 0.3 is 0 Å². The van der Waals surface area contributed by atoms with Crippen molar-refractivity contribution in [1.82, 2.24) is 0 Å². The van der Waals surface area contributed by atoms with E-state index in [4.69, 9.17) is 0 Å². The highest BCUT2D eigenvalue weighted by Crippen LogP contribution is 2.54. The Kier molecular flexibility index (Phi) is 6.29. The van der Waals surface area contributed by atoms with Crippen LogP contribution in [-0.2, 0) is 5.41 Å². The molecule has 0 spiro atoms. The fourth-order valence-electron chi connectivity index (χ4n) is 8.65. The quantitative estimate of drug-likeness (QED) is 0.184. The predicted molar refractivity (Wildman–Crippen MR) is 212 cm³/mol. The fourth-order valence-corrected chi connectivity index (χ4v) is 9.88. The lowest BCUT2D eigenvalue weighted by Crippen LogP contribution is -2.24. The summed E-state index contributed by atoms with van der Waals surface area (Å²) >= 11 is 1.90. The fraction of sp³-hybridized carbons (Fsp3) is 0.106. The molecular weight excluding hydrogens is 611 g/mol. The highest BCUT2D eigenvalue weighted by atomic mass is 32.1. The van der Waals surface area contributed by atoms with Crippen molar-refractivity contribution in [1.29, 1.82) is 0 Å². The molecule has 1 heterocycles. The zero-order valence-electron chi connectivity index (χ0n) is 27.6. The first kappa shape index (κ1) is 28.6. The summed E-state index contributed by atoms with van der Waals surface area (Å²) in [5.74, 6) is 0.838. The summed E-state index contributed by atoms with van der Waals surface area (Å²) < 4.78 is 2.68. The van der Waals surface area contributed by atoms with Crippen molar-refractivity contribution in [3.05, 3.63) is 175 Å². The molecule has 234 valence electrons. The van der Waals surface area contributed by atoms with Gasteiger partial charge in [0.25, 0.3) is 0 Å². The molecule has 0 radical (unpaired) electrons. The zero-order chi connectivity index (χ0) is 32.7. The second-order valence-electron chi connectivity index (χ2n) is 14.2. The zero-order valence-corrected chi connectivity index (χ0v) is 28.4. The number of anilines is 3. The van der Waals surface area contributed by atoms with Gasteiger partial charge in [0.05, 0.1) is 5.69 Å². The molecule has 0 aliphatic heterocycles. The van der Waals surface area contributed by atoms with Crippen molar-refractivity contribution in [3.8, 4) is 11.1 Å². The molecule has 0 N–H and O–H groups in total. The van der Waals surface area contributed by atoms with Gasteiger partial charge in [-0.1, -0.05) is 135 Å². The van der Waals surface area contributed by atoms with Gasteiger partial charge in [-0.3, -0.25) is 0 Å². The molecule has 0 bridgehead atoms. The molecule has 0 saturated carbocycles. The maximum Gasteiger partial charge on any atom is 0.0540 e. The average molecular weight is 646 g/mol. The van der Waals surface area contributed by atoms with Gasteiger partial charge in [0, 0.05) is 48.4 Å². The molecule has 2 aliphatic rings. The number of hydrogen-bond acceptors (Lipinski definition) is 2. The van der Waals surface area contributed by atoms with E-state index in [0.29, 0.717) is 11.8 Å². The van der Waals surface area contributed by atoms with E-state index in [1.165, 1.54) is 81.0 Å². The topological polar surface area (TPSA) is 3.24 Å². The highest BCUT2D eigenvalue weighted by molar-refractivity contribution is 7.26. The third-order valence-electron chi connectivity index (χ3n) is 11.1. The minimum Gasteiger partial charge on any atom is -0.310 e. The molecule has 2 aliphatic carbocycles. The van der Waals surface area contributed by atoms with Crippen LogP contribution in [0.15, 0.2) is 164 Å². The molecule has 2 atom stereocenters. The highest BCUT2D eigenvalue weighted by Gasteiger charge is 2.44. The number of nitrogens with zero attached hydrogens (tertiary/aromatic N) is 1. The van der Waals surface area contributed by atoms with Crippen LogP contribution in [0.4, 0.5) is 17.1 Å². The van der Waals surface area contributed by atoms with Crippen LogP contribution in [0.1, 0.15) is 30.9 Å². The second kappa shape index (κ2) is 10.8. The minimum atomic E-state index is 0.0728. The van der Waals surface area contributed by atoms with Crippen LogP contribution in [-0.4, -0.2) is 0 Å². The molecule has 49 heavy (non-hydrogen) atoms. The van der Waals surface area contributed by atoms with Gasteiger partial charge in [0.15, 0.2) is 0 Å². The standard InChI is InChI=1S/C47H35NS/c1-47(2)42-16-8-5-14-37(42)41-29-35(24-26-43(41)47)48(44-17-9-6-13-36(44)33-20-19-30-11-3-4-12-32(30)27-33)34-23-21-31-22-25-39-38-15-7-10-18-45(38)49-46(39)40(31)28-34/h3-29,37,42H,1-2H3. The number of rotatable bonds is 4. The Morgan fingerprint density at radius 2 is 1.31 bits per heavy atom. The Labute approximate surface area is 291 Å². The van der Waals surface area contributed by atoms with Crippen LogP contribution >= 0.6 is 11.3 Å². The summed E-state index contributed by atoms with van der Waals surface area (Å²) in [6.45, 7) is 4.82. The Morgan fingerprint density at radius 1 is 0.571 bits per heavy atom.